The van der Waals surface area contributed by atoms with Crippen LogP contribution in [0.5, 0.6) is 0 Å². The first kappa shape index (κ1) is 18.2. The van der Waals surface area contributed by atoms with Gasteiger partial charge in [-0.2, -0.15) is 0 Å². The van der Waals surface area contributed by atoms with Crippen LogP contribution in [0.4, 0.5) is 0 Å². The molecule has 1 aromatic carbocycles. The Morgan fingerprint density at radius 3 is 2.00 bits per heavy atom. The van der Waals surface area contributed by atoms with Crippen molar-refractivity contribution >= 4 is 11.8 Å². The number of nitrogens with two attached hydrogens (primary N) is 1. The molecule has 22 heavy (non-hydrogen) atoms. The van der Waals surface area contributed by atoms with E-state index in [0.29, 0.717) is 11.8 Å². The monoisotopic (exact) mass is 306 g/mol. The molecule has 122 valence electrons. The molecule has 0 fully saturated rings. The Balaban J connectivity index is 2.65. The Labute approximate surface area is 132 Å². The van der Waals surface area contributed by atoms with Gasteiger partial charge >= 0.3 is 0 Å². The molecule has 1 aromatic rings. The number of hydrazine groups is 1. The minimum atomic E-state index is -0.280. The summed E-state index contributed by atoms with van der Waals surface area (Å²) in [4.78, 5) is 22.5. The predicted octanol–water partition coefficient (Wildman–Crippen LogP) is 1.24. The van der Waals surface area contributed by atoms with Crippen molar-refractivity contribution in [3.05, 3.63) is 35.4 Å². The predicted molar refractivity (Wildman–Crippen MR) is 86.9 cm³/mol. The zero-order valence-electron chi connectivity index (χ0n) is 14.1. The minimum Gasteiger partial charge on any atom is -0.332 e. The topological polar surface area (TPSA) is 74.8 Å². The number of nitrogens with one attached hydrogen (secondary N) is 2. The van der Waals surface area contributed by atoms with Gasteiger partial charge in [-0.3, -0.25) is 20.4 Å². The van der Waals surface area contributed by atoms with E-state index in [1.807, 2.05) is 5.32 Å². The Kier molecular flexibility index (Phi) is 7.05. The van der Waals surface area contributed by atoms with E-state index in [2.05, 4.69) is 62.8 Å². The van der Waals surface area contributed by atoms with E-state index in [4.69, 9.17) is 0 Å². The van der Waals surface area contributed by atoms with Gasteiger partial charge in [-0.05, 0) is 11.5 Å². The normalized spacial score (nSPS) is 12.3. The zero-order chi connectivity index (χ0) is 16.7. The molecule has 1 atom stereocenters. The van der Waals surface area contributed by atoms with Crippen molar-refractivity contribution in [2.75, 3.05) is 6.54 Å². The number of hydrogen-bond acceptors (Lipinski definition) is 2. The third-order valence-electron chi connectivity index (χ3n) is 3.64. The number of amides is 2. The third-order valence-corrected chi connectivity index (χ3v) is 3.64. The van der Waals surface area contributed by atoms with Crippen molar-refractivity contribution in [2.45, 2.75) is 46.6 Å². The van der Waals surface area contributed by atoms with Crippen LogP contribution in [0.2, 0.25) is 0 Å². The van der Waals surface area contributed by atoms with Crippen LogP contribution in [0.15, 0.2) is 24.3 Å². The van der Waals surface area contributed by atoms with E-state index in [1.165, 1.54) is 18.1 Å². The molecule has 1 rings (SSSR count). The Bertz CT molecular complexity index is 495. The number of quaternary nitrogens is 1. The van der Waals surface area contributed by atoms with Crippen LogP contribution >= 0.6 is 0 Å². The largest absolute Gasteiger partial charge is 0.332 e. The van der Waals surface area contributed by atoms with Gasteiger partial charge in [0.2, 0.25) is 5.91 Å². The van der Waals surface area contributed by atoms with Crippen LogP contribution in [0.3, 0.4) is 0 Å². The van der Waals surface area contributed by atoms with Gasteiger partial charge < -0.3 is 5.32 Å². The first-order chi connectivity index (χ1) is 10.3. The number of carbonyl (C=O) groups excluding carboxylic acids is 2. The Morgan fingerprint density at radius 1 is 1.00 bits per heavy atom. The first-order valence-electron chi connectivity index (χ1n) is 7.79. The van der Waals surface area contributed by atoms with Gasteiger partial charge in [0.25, 0.3) is 5.91 Å². The number of carbonyl (C=O) groups is 2. The van der Waals surface area contributed by atoms with Crippen molar-refractivity contribution in [3.63, 3.8) is 0 Å². The summed E-state index contributed by atoms with van der Waals surface area (Å²) in [7, 11) is 0. The molecule has 5 heteroatoms. The van der Waals surface area contributed by atoms with Crippen molar-refractivity contribution in [1.82, 2.24) is 10.9 Å². The van der Waals surface area contributed by atoms with Crippen LogP contribution in [-0.4, -0.2) is 18.4 Å². The number of benzene rings is 1. The highest BCUT2D eigenvalue weighted by Crippen LogP contribution is 2.21. The molecule has 0 heterocycles. The molecule has 0 aromatic heterocycles. The lowest BCUT2D eigenvalue weighted by molar-refractivity contribution is -0.692. The van der Waals surface area contributed by atoms with Crippen LogP contribution < -0.4 is 16.2 Å². The number of hydrogen-bond donors (Lipinski definition) is 3. The highest BCUT2D eigenvalue weighted by Gasteiger charge is 2.20. The maximum atomic E-state index is 11.7. The van der Waals surface area contributed by atoms with Crippen molar-refractivity contribution in [1.29, 1.82) is 0 Å². The summed E-state index contributed by atoms with van der Waals surface area (Å²) >= 11 is 0. The fourth-order valence-corrected chi connectivity index (χ4v) is 2.34. The van der Waals surface area contributed by atoms with Gasteiger partial charge in [-0.25, -0.2) is 0 Å². The Morgan fingerprint density at radius 2 is 1.55 bits per heavy atom. The van der Waals surface area contributed by atoms with Gasteiger partial charge in [0.15, 0.2) is 6.54 Å². The lowest BCUT2D eigenvalue weighted by atomic mass is 9.93. The SMILES string of the molecule is CC(=O)NNC(=O)C[NH2+][C@@H](c1ccc(C(C)C)cc1)C(C)C. The fraction of sp³-hybridized carbons (Fsp3) is 0.529. The molecule has 0 aliphatic heterocycles. The third kappa shape index (κ3) is 5.85. The lowest BCUT2D eigenvalue weighted by Crippen LogP contribution is -2.88. The Hall–Kier alpha value is -1.88. The summed E-state index contributed by atoms with van der Waals surface area (Å²) < 4.78 is 0. The molecule has 0 aliphatic rings. The lowest BCUT2D eigenvalue weighted by Gasteiger charge is -2.20. The molecular weight excluding hydrogens is 278 g/mol. The molecule has 5 nitrogen and oxygen atoms in total. The molecular formula is C17H28N3O2+. The summed E-state index contributed by atoms with van der Waals surface area (Å²) in [6, 6.07) is 8.80. The van der Waals surface area contributed by atoms with Gasteiger partial charge in [0, 0.05) is 18.4 Å². The van der Waals surface area contributed by atoms with Crippen molar-refractivity contribution in [2.24, 2.45) is 5.92 Å². The van der Waals surface area contributed by atoms with E-state index in [-0.39, 0.29) is 24.4 Å². The molecule has 4 N–H and O–H groups in total. The van der Waals surface area contributed by atoms with Crippen molar-refractivity contribution in [3.8, 4) is 0 Å². The van der Waals surface area contributed by atoms with Gasteiger partial charge in [-0.15, -0.1) is 0 Å². The second kappa shape index (κ2) is 8.54. The van der Waals surface area contributed by atoms with E-state index in [9.17, 15) is 9.59 Å². The average Bonchev–Trinajstić information content (AvgIpc) is 2.45. The van der Waals surface area contributed by atoms with Gasteiger partial charge in [0.1, 0.15) is 6.04 Å². The summed E-state index contributed by atoms with van der Waals surface area (Å²) in [6.45, 7) is 10.3. The molecule has 0 radical (unpaired) electrons. The molecule has 0 saturated heterocycles. The van der Waals surface area contributed by atoms with E-state index >= 15 is 0 Å². The smallest absolute Gasteiger partial charge is 0.293 e. The standard InChI is InChI=1S/C17H27N3O2/c1-11(2)14-6-8-15(9-7-14)17(12(3)4)18-10-16(22)20-19-13(5)21/h6-9,11-12,17-18H,10H2,1-5H3,(H,19,21)(H,20,22)/p+1/t17-/m1/s1. The molecule has 2 amide bonds. The summed E-state index contributed by atoms with van der Waals surface area (Å²) in [6.07, 6.45) is 0. The van der Waals surface area contributed by atoms with Crippen LogP contribution in [0.25, 0.3) is 0 Å². The molecule has 0 bridgehead atoms. The summed E-state index contributed by atoms with van der Waals surface area (Å²) in [5.41, 5.74) is 7.21. The van der Waals surface area contributed by atoms with Gasteiger partial charge in [-0.1, -0.05) is 52.0 Å². The van der Waals surface area contributed by atoms with Crippen LogP contribution in [-0.2, 0) is 9.59 Å². The highest BCUT2D eigenvalue weighted by atomic mass is 16.2. The maximum absolute atomic E-state index is 11.7. The van der Waals surface area contributed by atoms with Crippen molar-refractivity contribution < 1.29 is 14.9 Å². The van der Waals surface area contributed by atoms with E-state index in [0.717, 1.165) is 0 Å². The van der Waals surface area contributed by atoms with Crippen LogP contribution in [0, 0.1) is 5.92 Å². The van der Waals surface area contributed by atoms with Gasteiger partial charge in [0.05, 0.1) is 0 Å². The number of rotatable bonds is 6. The quantitative estimate of drug-likeness (QED) is 0.692. The van der Waals surface area contributed by atoms with E-state index in [1.54, 1.807) is 0 Å². The highest BCUT2D eigenvalue weighted by molar-refractivity contribution is 5.81. The fourth-order valence-electron chi connectivity index (χ4n) is 2.34. The molecule has 0 unspecified atom stereocenters. The molecule has 0 aliphatic carbocycles. The van der Waals surface area contributed by atoms with E-state index < -0.39 is 0 Å². The minimum absolute atomic E-state index is 0.209. The summed E-state index contributed by atoms with van der Waals surface area (Å²) in [5, 5.41) is 2.01. The second-order valence-electron chi connectivity index (χ2n) is 6.26. The zero-order valence-corrected chi connectivity index (χ0v) is 14.1. The second-order valence-corrected chi connectivity index (χ2v) is 6.26. The maximum Gasteiger partial charge on any atom is 0.293 e. The molecule has 0 spiro atoms. The average molecular weight is 306 g/mol. The van der Waals surface area contributed by atoms with Crippen LogP contribution in [0.1, 0.15) is 57.7 Å². The molecule has 0 saturated carbocycles. The summed E-state index contributed by atoms with van der Waals surface area (Å²) in [5.74, 6) is 0.426. The first-order valence-corrected chi connectivity index (χ1v) is 7.79.